The molecule has 0 aliphatic carbocycles. The summed E-state index contributed by atoms with van der Waals surface area (Å²) in [6.45, 7) is 5.07. The van der Waals surface area contributed by atoms with Crippen LogP contribution < -0.4 is 10.0 Å². The van der Waals surface area contributed by atoms with E-state index in [1.54, 1.807) is 24.3 Å². The summed E-state index contributed by atoms with van der Waals surface area (Å²) in [6, 6.07) is 12.3. The summed E-state index contributed by atoms with van der Waals surface area (Å²) in [4.78, 5) is 26.3. The van der Waals surface area contributed by atoms with Gasteiger partial charge in [0.2, 0.25) is 21.8 Å². The highest BCUT2D eigenvalue weighted by Crippen LogP contribution is 2.18. The predicted molar refractivity (Wildman–Crippen MR) is 120 cm³/mol. The lowest BCUT2D eigenvalue weighted by Crippen LogP contribution is -2.34. The van der Waals surface area contributed by atoms with E-state index in [0.717, 1.165) is 36.1 Å². The molecule has 7 nitrogen and oxygen atoms in total. The van der Waals surface area contributed by atoms with E-state index in [1.165, 1.54) is 0 Å². The molecule has 1 saturated heterocycles. The van der Waals surface area contributed by atoms with Crippen molar-refractivity contribution >= 4 is 27.5 Å². The summed E-state index contributed by atoms with van der Waals surface area (Å²) < 4.78 is 27.3. The topological polar surface area (TPSA) is 95.6 Å². The molecule has 0 aromatic heterocycles. The zero-order valence-corrected chi connectivity index (χ0v) is 18.8. The van der Waals surface area contributed by atoms with Crippen LogP contribution in [0.15, 0.2) is 47.4 Å². The van der Waals surface area contributed by atoms with Gasteiger partial charge in [0.15, 0.2) is 0 Å². The Labute approximate surface area is 183 Å². The second-order valence-corrected chi connectivity index (χ2v) is 9.68. The highest BCUT2D eigenvalue weighted by atomic mass is 32.2. The van der Waals surface area contributed by atoms with Crippen LogP contribution in [0.25, 0.3) is 0 Å². The standard InChI is InChI=1S/C23H29N3O4S/c1-17-9-10-21(14-18(17)2)31(29,30)24-12-11-22(27)25-20-7-5-6-19(15-20)16-26-13-4-3-8-23(26)28/h5-7,9-10,14-15,24H,3-4,8,11-13,16H2,1-2H3,(H,25,27). The number of hydrogen-bond acceptors (Lipinski definition) is 4. The Balaban J connectivity index is 1.51. The smallest absolute Gasteiger partial charge is 0.240 e. The third-order valence-corrected chi connectivity index (χ3v) is 6.90. The number of sulfonamides is 1. The average molecular weight is 444 g/mol. The highest BCUT2D eigenvalue weighted by molar-refractivity contribution is 7.89. The maximum absolute atomic E-state index is 12.4. The van der Waals surface area contributed by atoms with Crippen molar-refractivity contribution in [2.24, 2.45) is 0 Å². The second kappa shape index (κ2) is 10.1. The molecule has 0 bridgehead atoms. The first-order chi connectivity index (χ1) is 14.7. The second-order valence-electron chi connectivity index (χ2n) is 7.91. The lowest BCUT2D eigenvalue weighted by atomic mass is 10.1. The van der Waals surface area contributed by atoms with Crippen LogP contribution in [0.5, 0.6) is 0 Å². The summed E-state index contributed by atoms with van der Waals surface area (Å²) >= 11 is 0. The minimum Gasteiger partial charge on any atom is -0.338 e. The fourth-order valence-corrected chi connectivity index (χ4v) is 4.60. The number of nitrogens with zero attached hydrogens (tertiary/aromatic N) is 1. The Kier molecular flexibility index (Phi) is 7.46. The van der Waals surface area contributed by atoms with E-state index in [0.29, 0.717) is 18.7 Å². The Morgan fingerprint density at radius 3 is 2.61 bits per heavy atom. The van der Waals surface area contributed by atoms with Crippen molar-refractivity contribution in [2.75, 3.05) is 18.4 Å². The zero-order chi connectivity index (χ0) is 22.4. The first kappa shape index (κ1) is 23.0. The van der Waals surface area contributed by atoms with Gasteiger partial charge in [-0.05, 0) is 67.6 Å². The van der Waals surface area contributed by atoms with E-state index in [2.05, 4.69) is 10.0 Å². The number of amides is 2. The number of anilines is 1. The predicted octanol–water partition coefficient (Wildman–Crippen LogP) is 3.12. The van der Waals surface area contributed by atoms with E-state index in [9.17, 15) is 18.0 Å². The van der Waals surface area contributed by atoms with Gasteiger partial charge in [-0.15, -0.1) is 0 Å². The van der Waals surface area contributed by atoms with Crippen molar-refractivity contribution < 1.29 is 18.0 Å². The Morgan fingerprint density at radius 2 is 1.87 bits per heavy atom. The lowest BCUT2D eigenvalue weighted by Gasteiger charge is -2.26. The Morgan fingerprint density at radius 1 is 1.06 bits per heavy atom. The molecule has 1 aliphatic heterocycles. The SMILES string of the molecule is Cc1ccc(S(=O)(=O)NCCC(=O)Nc2cccc(CN3CCCCC3=O)c2)cc1C. The first-order valence-electron chi connectivity index (χ1n) is 10.5. The zero-order valence-electron chi connectivity index (χ0n) is 18.0. The van der Waals surface area contributed by atoms with Crippen molar-refractivity contribution in [3.63, 3.8) is 0 Å². The van der Waals surface area contributed by atoms with Crippen molar-refractivity contribution in [1.82, 2.24) is 9.62 Å². The van der Waals surface area contributed by atoms with Gasteiger partial charge in [-0.25, -0.2) is 13.1 Å². The molecule has 0 unspecified atom stereocenters. The molecule has 2 N–H and O–H groups in total. The lowest BCUT2D eigenvalue weighted by molar-refractivity contribution is -0.133. The van der Waals surface area contributed by atoms with Gasteiger partial charge >= 0.3 is 0 Å². The summed E-state index contributed by atoms with van der Waals surface area (Å²) in [5.41, 5.74) is 3.49. The molecular formula is C23H29N3O4S. The summed E-state index contributed by atoms with van der Waals surface area (Å²) in [5.74, 6) is -0.120. The Bertz CT molecular complexity index is 1070. The van der Waals surface area contributed by atoms with Crippen LogP contribution >= 0.6 is 0 Å². The summed E-state index contributed by atoms with van der Waals surface area (Å²) in [7, 11) is -3.66. The van der Waals surface area contributed by atoms with Gasteiger partial charge in [0.05, 0.1) is 4.90 Å². The molecule has 3 rings (SSSR count). The number of aryl methyl sites for hydroxylation is 2. The van der Waals surface area contributed by atoms with Gasteiger partial charge in [0.1, 0.15) is 0 Å². The molecule has 166 valence electrons. The number of nitrogens with one attached hydrogen (secondary N) is 2. The van der Waals surface area contributed by atoms with Crippen LogP contribution in [0.4, 0.5) is 5.69 Å². The highest BCUT2D eigenvalue weighted by Gasteiger charge is 2.18. The van der Waals surface area contributed by atoms with Gasteiger partial charge in [-0.3, -0.25) is 9.59 Å². The van der Waals surface area contributed by atoms with E-state index in [-0.39, 0.29) is 29.7 Å². The van der Waals surface area contributed by atoms with Crippen LogP contribution in [-0.2, 0) is 26.2 Å². The van der Waals surface area contributed by atoms with Crippen LogP contribution in [0.2, 0.25) is 0 Å². The van der Waals surface area contributed by atoms with Gasteiger partial charge in [-0.1, -0.05) is 18.2 Å². The minimum atomic E-state index is -3.66. The molecule has 0 saturated carbocycles. The number of piperidine rings is 1. The molecule has 1 aliphatic rings. The van der Waals surface area contributed by atoms with Gasteiger partial charge in [0.25, 0.3) is 0 Å². The van der Waals surface area contributed by atoms with Crippen molar-refractivity contribution in [3.8, 4) is 0 Å². The van der Waals surface area contributed by atoms with Crippen molar-refractivity contribution in [1.29, 1.82) is 0 Å². The van der Waals surface area contributed by atoms with Crippen LogP contribution in [0.1, 0.15) is 42.4 Å². The third-order valence-electron chi connectivity index (χ3n) is 5.44. The number of carbonyl (C=O) groups is 2. The fraction of sp³-hybridized carbons (Fsp3) is 0.391. The number of hydrogen-bond donors (Lipinski definition) is 2. The quantitative estimate of drug-likeness (QED) is 0.655. The van der Waals surface area contributed by atoms with Gasteiger partial charge in [-0.2, -0.15) is 0 Å². The van der Waals surface area contributed by atoms with Crippen molar-refractivity contribution in [3.05, 3.63) is 59.2 Å². The molecule has 31 heavy (non-hydrogen) atoms. The maximum atomic E-state index is 12.4. The molecule has 8 heteroatoms. The summed E-state index contributed by atoms with van der Waals surface area (Å²) in [6.07, 6.45) is 2.56. The minimum absolute atomic E-state index is 0.00304. The molecule has 0 spiro atoms. The molecule has 2 amide bonds. The van der Waals surface area contributed by atoms with E-state index < -0.39 is 10.0 Å². The fourth-order valence-electron chi connectivity index (χ4n) is 3.48. The monoisotopic (exact) mass is 443 g/mol. The molecule has 0 atom stereocenters. The molecule has 2 aromatic rings. The molecular weight excluding hydrogens is 414 g/mol. The van der Waals surface area contributed by atoms with Crippen LogP contribution in [-0.4, -0.2) is 38.2 Å². The largest absolute Gasteiger partial charge is 0.338 e. The Hall–Kier alpha value is -2.71. The first-order valence-corrected chi connectivity index (χ1v) is 12.0. The van der Waals surface area contributed by atoms with E-state index >= 15 is 0 Å². The van der Waals surface area contributed by atoms with E-state index in [4.69, 9.17) is 0 Å². The summed E-state index contributed by atoms with van der Waals surface area (Å²) in [5, 5.41) is 2.80. The number of benzene rings is 2. The molecule has 2 aromatic carbocycles. The third kappa shape index (κ3) is 6.38. The van der Waals surface area contributed by atoms with Gasteiger partial charge < -0.3 is 10.2 Å². The molecule has 1 fully saturated rings. The maximum Gasteiger partial charge on any atom is 0.240 e. The van der Waals surface area contributed by atoms with Crippen LogP contribution in [0.3, 0.4) is 0 Å². The average Bonchev–Trinajstić information content (AvgIpc) is 2.72. The number of carbonyl (C=O) groups excluding carboxylic acids is 2. The normalized spacial score (nSPS) is 14.5. The van der Waals surface area contributed by atoms with Gasteiger partial charge in [0, 0.05) is 38.2 Å². The number of rotatable bonds is 8. The number of likely N-dealkylation sites (tertiary alicyclic amines) is 1. The van der Waals surface area contributed by atoms with Crippen LogP contribution in [0, 0.1) is 13.8 Å². The van der Waals surface area contributed by atoms with Crippen molar-refractivity contribution in [2.45, 2.75) is 51.0 Å². The molecule has 1 heterocycles. The van der Waals surface area contributed by atoms with E-state index in [1.807, 2.05) is 36.9 Å². The molecule has 0 radical (unpaired) electrons.